The largest absolute Gasteiger partial charge is 0.370 e. The molecule has 2 aliphatic rings. The topological polar surface area (TPSA) is 72.8 Å². The molecule has 0 fully saturated rings. The fourth-order valence-corrected chi connectivity index (χ4v) is 3.30. The molecule has 2 heterocycles. The second kappa shape index (κ2) is 7.91. The van der Waals surface area contributed by atoms with Gasteiger partial charge in [-0.1, -0.05) is 48.5 Å². The van der Waals surface area contributed by atoms with Crippen LogP contribution in [0.2, 0.25) is 0 Å². The lowest BCUT2D eigenvalue weighted by Gasteiger charge is -2.11. The van der Waals surface area contributed by atoms with Gasteiger partial charge in [-0.3, -0.25) is 0 Å². The van der Waals surface area contributed by atoms with Gasteiger partial charge in [0.05, 0.1) is 13.1 Å². The smallest absolute Gasteiger partial charge is 0.126 e. The lowest BCUT2D eigenvalue weighted by atomic mass is 10.0. The van der Waals surface area contributed by atoms with Gasteiger partial charge in [-0.15, -0.1) is 0 Å². The van der Waals surface area contributed by atoms with Crippen LogP contribution in [0.3, 0.4) is 0 Å². The van der Waals surface area contributed by atoms with E-state index in [0.29, 0.717) is 0 Å². The van der Waals surface area contributed by atoms with E-state index in [4.69, 9.17) is 0 Å². The number of hydrazone groups is 2. The van der Waals surface area contributed by atoms with Gasteiger partial charge in [-0.05, 0) is 22.3 Å². The van der Waals surface area contributed by atoms with Crippen molar-refractivity contribution in [3.8, 4) is 0 Å². The number of nitrogens with one attached hydrogen (secondary N) is 4. The fraction of sp³-hybridized carbons (Fsp3) is 0.300. The minimum atomic E-state index is 0.779. The quantitative estimate of drug-likeness (QED) is 0.634. The second-order valence-electron chi connectivity index (χ2n) is 6.53. The normalized spacial score (nSPS) is 15.7. The molecule has 26 heavy (non-hydrogen) atoms. The maximum Gasteiger partial charge on any atom is 0.126 e. The van der Waals surface area contributed by atoms with Crippen molar-refractivity contribution in [2.45, 2.75) is 25.9 Å². The van der Waals surface area contributed by atoms with Gasteiger partial charge in [0.1, 0.15) is 11.7 Å². The molecule has 0 aliphatic carbocycles. The SMILES string of the molecule is c1ccc2c(c1)CNN=C(NCCNC1=NNCc3ccccc3C1)C2. The van der Waals surface area contributed by atoms with Gasteiger partial charge < -0.3 is 21.5 Å². The molecule has 134 valence electrons. The molecule has 2 aliphatic heterocycles. The molecule has 0 spiro atoms. The number of amidine groups is 2. The van der Waals surface area contributed by atoms with Crippen LogP contribution in [0, 0.1) is 0 Å². The predicted octanol–water partition coefficient (Wildman–Crippen LogP) is 1.48. The van der Waals surface area contributed by atoms with Crippen LogP contribution in [-0.4, -0.2) is 24.8 Å². The van der Waals surface area contributed by atoms with E-state index >= 15 is 0 Å². The van der Waals surface area contributed by atoms with E-state index in [1.54, 1.807) is 0 Å². The summed E-state index contributed by atoms with van der Waals surface area (Å²) in [6.07, 6.45) is 1.66. The maximum absolute atomic E-state index is 4.45. The summed E-state index contributed by atoms with van der Waals surface area (Å²) >= 11 is 0. The average Bonchev–Trinajstić information content (AvgIpc) is 3.00. The van der Waals surface area contributed by atoms with Gasteiger partial charge in [0.25, 0.3) is 0 Å². The Morgan fingerprint density at radius 1 is 0.654 bits per heavy atom. The van der Waals surface area contributed by atoms with E-state index in [2.05, 4.69) is 80.2 Å². The molecule has 0 bridgehead atoms. The van der Waals surface area contributed by atoms with Gasteiger partial charge >= 0.3 is 0 Å². The van der Waals surface area contributed by atoms with Crippen molar-refractivity contribution in [2.75, 3.05) is 13.1 Å². The van der Waals surface area contributed by atoms with Crippen molar-refractivity contribution in [1.29, 1.82) is 0 Å². The molecule has 4 N–H and O–H groups in total. The Labute approximate surface area is 153 Å². The lowest BCUT2D eigenvalue weighted by molar-refractivity contribution is 0.723. The van der Waals surface area contributed by atoms with Crippen molar-refractivity contribution >= 4 is 11.7 Å². The molecule has 0 aromatic heterocycles. The average molecular weight is 348 g/mol. The molecule has 2 aromatic rings. The molecule has 0 atom stereocenters. The molecule has 0 amide bonds. The van der Waals surface area contributed by atoms with Crippen LogP contribution in [0.4, 0.5) is 0 Å². The van der Waals surface area contributed by atoms with Gasteiger partial charge in [0, 0.05) is 25.9 Å². The van der Waals surface area contributed by atoms with Crippen molar-refractivity contribution < 1.29 is 0 Å². The minimum absolute atomic E-state index is 0.779. The van der Waals surface area contributed by atoms with Crippen LogP contribution in [0.1, 0.15) is 22.3 Å². The summed E-state index contributed by atoms with van der Waals surface area (Å²) in [6, 6.07) is 16.9. The Balaban J connectivity index is 1.27. The summed E-state index contributed by atoms with van der Waals surface area (Å²) in [5.41, 5.74) is 11.5. The summed E-state index contributed by atoms with van der Waals surface area (Å²) in [4.78, 5) is 0. The zero-order valence-electron chi connectivity index (χ0n) is 14.8. The van der Waals surface area contributed by atoms with Crippen LogP contribution in [0.15, 0.2) is 58.7 Å². The van der Waals surface area contributed by atoms with E-state index in [0.717, 1.165) is 50.7 Å². The Morgan fingerprint density at radius 2 is 1.08 bits per heavy atom. The maximum atomic E-state index is 4.45. The second-order valence-corrected chi connectivity index (χ2v) is 6.53. The molecule has 0 saturated heterocycles. The summed E-state index contributed by atoms with van der Waals surface area (Å²) in [6.45, 7) is 3.15. The molecule has 6 nitrogen and oxygen atoms in total. The summed E-state index contributed by atoms with van der Waals surface area (Å²) in [5.74, 6) is 1.95. The number of nitrogens with zero attached hydrogens (tertiary/aromatic N) is 2. The van der Waals surface area contributed by atoms with Gasteiger partial charge in [-0.25, -0.2) is 0 Å². The van der Waals surface area contributed by atoms with Crippen LogP contribution >= 0.6 is 0 Å². The third-order valence-corrected chi connectivity index (χ3v) is 4.70. The summed E-state index contributed by atoms with van der Waals surface area (Å²) < 4.78 is 0. The predicted molar refractivity (Wildman–Crippen MR) is 105 cm³/mol. The molecular formula is C20H24N6. The third-order valence-electron chi connectivity index (χ3n) is 4.70. The standard InChI is InChI=1S/C20H24N6/c1-3-7-17-13-23-25-19(11-15(17)5-1)21-9-10-22-20-12-16-6-2-4-8-18(16)14-24-26-20/h1-8,23-24H,9-14H2,(H,21,25)(H,22,26). The zero-order chi connectivity index (χ0) is 17.6. The molecule has 0 radical (unpaired) electrons. The van der Waals surface area contributed by atoms with E-state index in [9.17, 15) is 0 Å². The highest BCUT2D eigenvalue weighted by atomic mass is 15.3. The monoisotopic (exact) mass is 348 g/mol. The van der Waals surface area contributed by atoms with Gasteiger partial charge in [-0.2, -0.15) is 10.2 Å². The molecule has 2 aromatic carbocycles. The van der Waals surface area contributed by atoms with Crippen LogP contribution in [0.5, 0.6) is 0 Å². The van der Waals surface area contributed by atoms with E-state index < -0.39 is 0 Å². The van der Waals surface area contributed by atoms with Gasteiger partial charge in [0.15, 0.2) is 0 Å². The van der Waals surface area contributed by atoms with Crippen molar-refractivity contribution in [3.63, 3.8) is 0 Å². The summed E-state index contributed by atoms with van der Waals surface area (Å²) in [7, 11) is 0. The van der Waals surface area contributed by atoms with Crippen molar-refractivity contribution in [1.82, 2.24) is 21.5 Å². The first kappa shape index (κ1) is 16.4. The Hall–Kier alpha value is -3.02. The van der Waals surface area contributed by atoms with Crippen LogP contribution < -0.4 is 21.5 Å². The molecule has 0 saturated carbocycles. The Bertz CT molecular complexity index is 757. The summed E-state index contributed by atoms with van der Waals surface area (Å²) in [5, 5.41) is 15.8. The number of fused-ring (bicyclic) bond motifs is 2. The van der Waals surface area contributed by atoms with Gasteiger partial charge in [0.2, 0.25) is 0 Å². The van der Waals surface area contributed by atoms with E-state index in [1.807, 2.05) is 0 Å². The first-order valence-electron chi connectivity index (χ1n) is 9.08. The first-order chi connectivity index (χ1) is 12.9. The van der Waals surface area contributed by atoms with E-state index in [-0.39, 0.29) is 0 Å². The molecule has 4 rings (SSSR count). The number of hydrogen-bond acceptors (Lipinski definition) is 6. The number of hydrogen-bond donors (Lipinski definition) is 4. The third kappa shape index (κ3) is 3.96. The molecule has 0 unspecified atom stereocenters. The highest BCUT2D eigenvalue weighted by Crippen LogP contribution is 2.12. The zero-order valence-corrected chi connectivity index (χ0v) is 14.8. The Morgan fingerprint density at radius 3 is 1.54 bits per heavy atom. The molecule has 6 heteroatoms. The highest BCUT2D eigenvalue weighted by molar-refractivity contribution is 5.86. The number of benzene rings is 2. The minimum Gasteiger partial charge on any atom is -0.370 e. The van der Waals surface area contributed by atoms with E-state index in [1.165, 1.54) is 22.3 Å². The van der Waals surface area contributed by atoms with Crippen molar-refractivity contribution in [2.24, 2.45) is 10.2 Å². The number of rotatable bonds is 3. The lowest BCUT2D eigenvalue weighted by Crippen LogP contribution is -2.36. The van der Waals surface area contributed by atoms with Crippen LogP contribution in [0.25, 0.3) is 0 Å². The van der Waals surface area contributed by atoms with Crippen LogP contribution in [-0.2, 0) is 25.9 Å². The fourth-order valence-electron chi connectivity index (χ4n) is 3.30. The highest BCUT2D eigenvalue weighted by Gasteiger charge is 2.11. The molecular weight excluding hydrogens is 324 g/mol. The van der Waals surface area contributed by atoms with Crippen molar-refractivity contribution in [3.05, 3.63) is 70.8 Å². The Kier molecular flexibility index (Phi) is 5.00. The first-order valence-corrected chi connectivity index (χ1v) is 9.08.